The van der Waals surface area contributed by atoms with Gasteiger partial charge in [0.25, 0.3) is 0 Å². The zero-order valence-corrected chi connectivity index (χ0v) is 17.8. The molecular weight excluding hydrogens is 382 g/mol. The van der Waals surface area contributed by atoms with Gasteiger partial charge in [-0.25, -0.2) is 5.57 Å². The minimum atomic E-state index is 0. The maximum atomic E-state index is 3.51. The molecule has 0 aliphatic heterocycles. The van der Waals surface area contributed by atoms with E-state index in [1.54, 1.807) is 34.5 Å². The molecular formula is C16H23Cl2SiZr-. The van der Waals surface area contributed by atoms with Crippen molar-refractivity contribution in [2.75, 3.05) is 0 Å². The second-order valence-corrected chi connectivity index (χ2v) is 14.2. The molecule has 20 heavy (non-hydrogen) atoms. The average Bonchev–Trinajstić information content (AvgIpc) is 2.96. The normalized spacial score (nSPS) is 15.7. The summed E-state index contributed by atoms with van der Waals surface area (Å²) in [5, 5.41) is 0. The van der Waals surface area contributed by atoms with Crippen molar-refractivity contribution in [1.82, 2.24) is 0 Å². The number of allylic oxidation sites excluding steroid dienone is 8. The van der Waals surface area contributed by atoms with Crippen molar-refractivity contribution in [1.29, 1.82) is 0 Å². The van der Waals surface area contributed by atoms with E-state index in [0.29, 0.717) is 0 Å². The minimum absolute atomic E-state index is 0. The van der Waals surface area contributed by atoms with Crippen LogP contribution in [0.3, 0.4) is 0 Å². The van der Waals surface area contributed by atoms with Crippen LogP contribution in [0.15, 0.2) is 40.5 Å². The number of rotatable bonds is 3. The Kier molecular flexibility index (Phi) is 14.0. The quantitative estimate of drug-likeness (QED) is 0.414. The van der Waals surface area contributed by atoms with Crippen LogP contribution in [0, 0.1) is 6.08 Å². The van der Waals surface area contributed by atoms with Gasteiger partial charge in [-0.1, -0.05) is 50.5 Å². The molecule has 110 valence electrons. The van der Waals surface area contributed by atoms with E-state index in [4.69, 9.17) is 0 Å². The standard InChI is InChI=1S/C14H17.C2H6Si.2ClH.Zr/c1-3-11-9-10-14(13(11)4-2)12-7-5-6-8-12;1-3-2;;;/h5-7H,3-4,8,10H2,1-2H3;1-2H3;2*1H;/q-1;;;;+2/p-2. The van der Waals surface area contributed by atoms with E-state index in [0.717, 1.165) is 25.7 Å². The third kappa shape index (κ3) is 7.07. The van der Waals surface area contributed by atoms with Crippen molar-refractivity contribution in [3.63, 3.8) is 0 Å². The molecule has 0 N–H and O–H groups in total. The van der Waals surface area contributed by atoms with Gasteiger partial charge in [-0.2, -0.15) is 5.57 Å². The number of hydrogen-bond acceptors (Lipinski definition) is 0. The zero-order chi connectivity index (χ0) is 13.5. The molecule has 0 heterocycles. The van der Waals surface area contributed by atoms with Crippen molar-refractivity contribution in [3.8, 4) is 0 Å². The van der Waals surface area contributed by atoms with Gasteiger partial charge in [0.15, 0.2) is 0 Å². The van der Waals surface area contributed by atoms with E-state index in [1.165, 1.54) is 11.1 Å². The summed E-state index contributed by atoms with van der Waals surface area (Å²) in [6.07, 6.45) is 14.6. The van der Waals surface area contributed by atoms with Crippen LogP contribution >= 0.6 is 0 Å². The summed E-state index contributed by atoms with van der Waals surface area (Å²) in [4.78, 5) is 0. The molecule has 0 unspecified atom stereocenters. The molecule has 0 aromatic rings. The van der Waals surface area contributed by atoms with E-state index in [9.17, 15) is 0 Å². The Morgan fingerprint density at radius 3 is 2.20 bits per heavy atom. The molecule has 0 nitrogen and oxygen atoms in total. The smallest absolute Gasteiger partial charge is 1.00 e. The molecule has 2 rings (SSSR count). The Morgan fingerprint density at radius 1 is 1.20 bits per heavy atom. The predicted octanol–water partition coefficient (Wildman–Crippen LogP) is -1.09. The number of hydrogen-bond donors (Lipinski definition) is 0. The molecule has 0 saturated heterocycles. The monoisotopic (exact) mass is 403 g/mol. The first-order valence-corrected chi connectivity index (χ1v) is 13.0. The van der Waals surface area contributed by atoms with Crippen LogP contribution in [0.25, 0.3) is 0 Å². The topological polar surface area (TPSA) is 0 Å². The molecule has 4 heteroatoms. The Balaban J connectivity index is 0. The van der Waals surface area contributed by atoms with Gasteiger partial charge in [-0.05, 0) is 6.42 Å². The maximum Gasteiger partial charge on any atom is -1.00 e. The van der Waals surface area contributed by atoms with E-state index < -0.39 is 0 Å². The summed E-state index contributed by atoms with van der Waals surface area (Å²) < 4.78 is 0. The third-order valence-electron chi connectivity index (χ3n) is 3.07. The van der Waals surface area contributed by atoms with Gasteiger partial charge >= 0.3 is 41.9 Å². The zero-order valence-electron chi connectivity index (χ0n) is 12.8. The Morgan fingerprint density at radius 2 is 1.80 bits per heavy atom. The number of halogens is 2. The van der Waals surface area contributed by atoms with Crippen molar-refractivity contribution < 1.29 is 48.1 Å². The molecule has 0 fully saturated rings. The van der Waals surface area contributed by atoms with Gasteiger partial charge in [0, 0.05) is 0 Å². The van der Waals surface area contributed by atoms with Crippen molar-refractivity contribution in [3.05, 3.63) is 46.6 Å². The van der Waals surface area contributed by atoms with Crippen LogP contribution in [0.1, 0.15) is 39.5 Å². The van der Waals surface area contributed by atoms with Gasteiger partial charge in [0.1, 0.15) is 0 Å². The second kappa shape index (κ2) is 12.2. The molecule has 0 aromatic carbocycles. The van der Waals surface area contributed by atoms with Gasteiger partial charge in [0.2, 0.25) is 0 Å². The second-order valence-electron chi connectivity index (χ2n) is 4.82. The van der Waals surface area contributed by atoms with Crippen molar-refractivity contribution in [2.45, 2.75) is 52.6 Å². The Bertz CT molecular complexity index is 441. The molecule has 0 atom stereocenters. The minimum Gasteiger partial charge on any atom is -1.00 e. The van der Waals surface area contributed by atoms with Crippen LogP contribution in [0.4, 0.5) is 0 Å². The summed E-state index contributed by atoms with van der Waals surface area (Å²) in [5.74, 6) is 0. The summed E-state index contributed by atoms with van der Waals surface area (Å²) in [7, 11) is 0. The van der Waals surface area contributed by atoms with E-state index in [-0.39, 0.29) is 30.2 Å². The van der Waals surface area contributed by atoms with Gasteiger partial charge in [0.05, 0.1) is 0 Å². The SMILES string of the molecule is CCC1=[C-]CC(C2=CC=CC2)=C1CC.C[Si](C)=[Zr+2].[Cl-].[Cl-]. The van der Waals surface area contributed by atoms with Gasteiger partial charge in [-0.3, -0.25) is 6.08 Å². The molecule has 0 bridgehead atoms. The van der Waals surface area contributed by atoms with Crippen LogP contribution in [-0.2, 0) is 23.3 Å². The molecule has 0 aromatic heterocycles. The molecule has 0 amide bonds. The van der Waals surface area contributed by atoms with Crippen molar-refractivity contribution in [2.24, 2.45) is 0 Å². The Hall–Kier alpha value is 0.640. The fourth-order valence-corrected chi connectivity index (χ4v) is 2.33. The summed E-state index contributed by atoms with van der Waals surface area (Å²) in [6, 6.07) is 0. The fourth-order valence-electron chi connectivity index (χ4n) is 2.33. The molecule has 0 spiro atoms. The van der Waals surface area contributed by atoms with Gasteiger partial charge in [-0.15, -0.1) is 12.0 Å². The van der Waals surface area contributed by atoms with Crippen LogP contribution in [-0.4, -0.2) is 5.43 Å². The largest absolute Gasteiger partial charge is 1.00 e. The fraction of sp³-hybridized carbons (Fsp3) is 0.500. The van der Waals surface area contributed by atoms with E-state index in [1.807, 2.05) is 0 Å². The van der Waals surface area contributed by atoms with Crippen LogP contribution in [0.2, 0.25) is 13.1 Å². The maximum absolute atomic E-state index is 3.51. The van der Waals surface area contributed by atoms with E-state index >= 15 is 0 Å². The predicted molar refractivity (Wildman–Crippen MR) is 78.3 cm³/mol. The molecule has 2 aliphatic rings. The Labute approximate surface area is 152 Å². The molecule has 2 aliphatic carbocycles. The van der Waals surface area contributed by atoms with Gasteiger partial charge < -0.3 is 24.8 Å². The molecule has 0 radical (unpaired) electrons. The van der Waals surface area contributed by atoms with Crippen molar-refractivity contribution >= 4 is 5.43 Å². The summed E-state index contributed by atoms with van der Waals surface area (Å²) >= 11 is 1.74. The summed E-state index contributed by atoms with van der Waals surface area (Å²) in [6.45, 7) is 9.09. The third-order valence-corrected chi connectivity index (χ3v) is 3.07. The summed E-state index contributed by atoms with van der Waals surface area (Å²) in [5.41, 5.74) is 6.28. The first-order valence-electron chi connectivity index (χ1n) is 6.80. The molecule has 0 saturated carbocycles. The average molecular weight is 406 g/mol. The van der Waals surface area contributed by atoms with Crippen LogP contribution < -0.4 is 24.8 Å². The first-order chi connectivity index (χ1) is 8.60. The van der Waals surface area contributed by atoms with E-state index in [2.05, 4.69) is 51.2 Å². The van der Waals surface area contributed by atoms with Crippen LogP contribution in [0.5, 0.6) is 0 Å². The first kappa shape index (κ1) is 22.9.